The summed E-state index contributed by atoms with van der Waals surface area (Å²) in [5.41, 5.74) is 0. The van der Waals surface area contributed by atoms with Gasteiger partial charge in [0.2, 0.25) is 5.16 Å². The Hall–Kier alpha value is -0.660. The van der Waals surface area contributed by atoms with Crippen molar-refractivity contribution in [3.63, 3.8) is 0 Å². The lowest BCUT2D eigenvalue weighted by molar-refractivity contribution is 0.341. The molecule has 0 aliphatic carbocycles. The Balaban J connectivity index is 1.61. The molecule has 0 aromatic carbocycles. The van der Waals surface area contributed by atoms with E-state index in [0.717, 1.165) is 37.0 Å². The third-order valence-electron chi connectivity index (χ3n) is 3.47. The van der Waals surface area contributed by atoms with Crippen LogP contribution in [0.25, 0.3) is 0 Å². The van der Waals surface area contributed by atoms with E-state index in [1.54, 1.807) is 11.8 Å². The van der Waals surface area contributed by atoms with Gasteiger partial charge in [0.05, 0.1) is 6.54 Å². The first-order chi connectivity index (χ1) is 9.90. The van der Waals surface area contributed by atoms with Crippen LogP contribution < -0.4 is 5.32 Å². The predicted molar refractivity (Wildman–Crippen MR) is 82.0 cm³/mol. The number of aromatic nitrogens is 4. The average Bonchev–Trinajstić information content (AvgIpc) is 3.11. The Morgan fingerprint density at radius 2 is 2.05 bits per heavy atom. The number of nitrogens with zero attached hydrogens (tertiary/aromatic N) is 5. The van der Waals surface area contributed by atoms with Crippen molar-refractivity contribution in [3.05, 3.63) is 0 Å². The van der Waals surface area contributed by atoms with E-state index < -0.39 is 0 Å². The largest absolute Gasteiger partial charge is 0.315 e. The van der Waals surface area contributed by atoms with Crippen molar-refractivity contribution in [3.8, 4) is 0 Å². The van der Waals surface area contributed by atoms with Gasteiger partial charge in [0.15, 0.2) is 0 Å². The van der Waals surface area contributed by atoms with Gasteiger partial charge in [-0.2, -0.15) is 0 Å². The van der Waals surface area contributed by atoms with E-state index in [9.17, 15) is 0 Å². The number of nitrogens with one attached hydrogen (secondary N) is 1. The fourth-order valence-corrected chi connectivity index (χ4v) is 3.21. The molecule has 1 aromatic heterocycles. The maximum Gasteiger partial charge on any atom is 0.209 e. The van der Waals surface area contributed by atoms with Crippen molar-refractivity contribution in [2.45, 2.75) is 44.3 Å². The Morgan fingerprint density at radius 1 is 1.20 bits per heavy atom. The van der Waals surface area contributed by atoms with E-state index in [0.29, 0.717) is 0 Å². The minimum Gasteiger partial charge on any atom is -0.315 e. The Kier molecular flexibility index (Phi) is 7.32. The first kappa shape index (κ1) is 15.7. The summed E-state index contributed by atoms with van der Waals surface area (Å²) >= 11 is 1.77. The van der Waals surface area contributed by atoms with Crippen LogP contribution >= 0.6 is 11.8 Å². The summed E-state index contributed by atoms with van der Waals surface area (Å²) in [6.45, 7) is 8.79. The molecule has 6 nitrogen and oxygen atoms in total. The molecule has 2 rings (SSSR count). The van der Waals surface area contributed by atoms with Crippen LogP contribution in [-0.2, 0) is 6.54 Å². The average molecular weight is 298 g/mol. The summed E-state index contributed by atoms with van der Waals surface area (Å²) in [5, 5.41) is 16.3. The van der Waals surface area contributed by atoms with Crippen molar-refractivity contribution < 1.29 is 0 Å². The second kappa shape index (κ2) is 9.31. The molecule has 0 atom stereocenters. The summed E-state index contributed by atoms with van der Waals surface area (Å²) in [5.74, 6) is 1.10. The number of likely N-dealkylation sites (tertiary alicyclic amines) is 1. The molecule has 0 spiro atoms. The molecule has 1 fully saturated rings. The van der Waals surface area contributed by atoms with Gasteiger partial charge in [0.1, 0.15) is 0 Å². The Morgan fingerprint density at radius 3 is 2.85 bits per heavy atom. The number of hydrogen-bond acceptors (Lipinski definition) is 6. The van der Waals surface area contributed by atoms with Gasteiger partial charge in [-0.15, -0.1) is 5.10 Å². The van der Waals surface area contributed by atoms with Crippen LogP contribution in [0.4, 0.5) is 0 Å². The van der Waals surface area contributed by atoms with Crippen LogP contribution in [0.1, 0.15) is 32.6 Å². The molecular weight excluding hydrogens is 272 g/mol. The van der Waals surface area contributed by atoms with Crippen LogP contribution in [0.3, 0.4) is 0 Å². The summed E-state index contributed by atoms with van der Waals surface area (Å²) in [7, 11) is 0. The van der Waals surface area contributed by atoms with Crippen LogP contribution in [0.2, 0.25) is 0 Å². The molecule has 1 aliphatic rings. The Bertz CT molecular complexity index is 363. The molecule has 1 N–H and O–H groups in total. The second-order valence-corrected chi connectivity index (χ2v) is 6.25. The zero-order valence-corrected chi connectivity index (χ0v) is 13.2. The normalized spacial score (nSPS) is 16.1. The third-order valence-corrected chi connectivity index (χ3v) is 4.52. The fourth-order valence-electron chi connectivity index (χ4n) is 2.38. The maximum absolute atomic E-state index is 4.11. The Labute approximate surface area is 125 Å². The van der Waals surface area contributed by atoms with E-state index in [1.165, 1.54) is 38.9 Å². The van der Waals surface area contributed by atoms with Gasteiger partial charge in [-0.05, 0) is 62.3 Å². The lowest BCUT2D eigenvalue weighted by atomic mass is 10.4. The first-order valence-electron chi connectivity index (χ1n) is 7.72. The predicted octanol–water partition coefficient (Wildman–Crippen LogP) is 1.25. The van der Waals surface area contributed by atoms with Gasteiger partial charge >= 0.3 is 0 Å². The minimum absolute atomic E-state index is 0.849. The van der Waals surface area contributed by atoms with Gasteiger partial charge in [-0.3, -0.25) is 0 Å². The zero-order valence-electron chi connectivity index (χ0n) is 12.4. The molecular formula is C13H26N6S. The van der Waals surface area contributed by atoms with E-state index in [4.69, 9.17) is 0 Å². The highest BCUT2D eigenvalue weighted by molar-refractivity contribution is 7.99. The lowest BCUT2D eigenvalue weighted by Crippen LogP contribution is -2.22. The molecule has 0 bridgehead atoms. The van der Waals surface area contributed by atoms with Crippen LogP contribution in [0, 0.1) is 0 Å². The highest BCUT2D eigenvalue weighted by atomic mass is 32.2. The fraction of sp³-hybridized carbons (Fsp3) is 0.923. The van der Waals surface area contributed by atoms with Gasteiger partial charge in [0, 0.05) is 12.3 Å². The van der Waals surface area contributed by atoms with Gasteiger partial charge in [-0.25, -0.2) is 4.68 Å². The van der Waals surface area contributed by atoms with Crippen molar-refractivity contribution in [2.24, 2.45) is 0 Å². The van der Waals surface area contributed by atoms with Crippen molar-refractivity contribution in [2.75, 3.05) is 38.5 Å². The molecule has 114 valence electrons. The van der Waals surface area contributed by atoms with Crippen LogP contribution in [-0.4, -0.2) is 63.6 Å². The summed E-state index contributed by atoms with van der Waals surface area (Å²) in [4.78, 5) is 2.55. The van der Waals surface area contributed by atoms with E-state index in [1.807, 2.05) is 4.68 Å². The molecule has 2 heterocycles. The number of tetrazole rings is 1. The third kappa shape index (κ3) is 5.38. The zero-order chi connectivity index (χ0) is 14.0. The lowest BCUT2D eigenvalue weighted by Gasteiger charge is -2.13. The van der Waals surface area contributed by atoms with Crippen LogP contribution in [0.5, 0.6) is 0 Å². The van der Waals surface area contributed by atoms with Crippen molar-refractivity contribution in [1.29, 1.82) is 0 Å². The number of thioether (sulfide) groups is 1. The van der Waals surface area contributed by atoms with E-state index in [2.05, 4.69) is 32.7 Å². The number of hydrogen-bond donors (Lipinski definition) is 1. The van der Waals surface area contributed by atoms with Crippen LogP contribution in [0.15, 0.2) is 5.16 Å². The SMILES string of the molecule is CCCNCCn1nnnc1SCCCN1CCCC1. The second-order valence-electron chi connectivity index (χ2n) is 5.19. The van der Waals surface area contributed by atoms with Gasteiger partial charge in [-0.1, -0.05) is 18.7 Å². The highest BCUT2D eigenvalue weighted by Gasteiger charge is 2.11. The molecule has 0 amide bonds. The smallest absolute Gasteiger partial charge is 0.209 e. The van der Waals surface area contributed by atoms with Crippen molar-refractivity contribution in [1.82, 2.24) is 30.4 Å². The molecule has 1 aliphatic heterocycles. The number of rotatable bonds is 10. The topological polar surface area (TPSA) is 58.9 Å². The van der Waals surface area contributed by atoms with Gasteiger partial charge < -0.3 is 10.2 Å². The summed E-state index contributed by atoms with van der Waals surface area (Å²) in [6.07, 6.45) is 5.12. The summed E-state index contributed by atoms with van der Waals surface area (Å²) < 4.78 is 1.91. The van der Waals surface area contributed by atoms with Crippen molar-refractivity contribution >= 4 is 11.8 Å². The standard InChI is InChI=1S/C13H26N6S/c1-2-6-14-7-11-19-13(15-16-17-19)20-12-5-10-18-8-3-4-9-18/h14H,2-12H2,1H3. The highest BCUT2D eigenvalue weighted by Crippen LogP contribution is 2.15. The minimum atomic E-state index is 0.849. The first-order valence-corrected chi connectivity index (χ1v) is 8.70. The molecule has 0 saturated carbocycles. The molecule has 0 unspecified atom stereocenters. The van der Waals surface area contributed by atoms with E-state index >= 15 is 0 Å². The van der Waals surface area contributed by atoms with E-state index in [-0.39, 0.29) is 0 Å². The molecule has 20 heavy (non-hydrogen) atoms. The maximum atomic E-state index is 4.11. The quantitative estimate of drug-likeness (QED) is 0.518. The summed E-state index contributed by atoms with van der Waals surface area (Å²) in [6, 6.07) is 0. The van der Waals surface area contributed by atoms with Gasteiger partial charge in [0.25, 0.3) is 0 Å². The monoisotopic (exact) mass is 298 g/mol. The molecule has 1 aromatic rings. The molecule has 7 heteroatoms. The molecule has 1 saturated heterocycles. The molecule has 0 radical (unpaired) electrons.